The van der Waals surface area contributed by atoms with Crippen molar-refractivity contribution in [2.45, 2.75) is 45.1 Å². The number of aryl methyl sites for hydroxylation is 1. The summed E-state index contributed by atoms with van der Waals surface area (Å²) in [5.41, 5.74) is 5.08. The van der Waals surface area contributed by atoms with E-state index in [0.29, 0.717) is 18.8 Å². The number of hydrogen-bond acceptors (Lipinski definition) is 8. The predicted molar refractivity (Wildman–Crippen MR) is 112 cm³/mol. The Balaban J connectivity index is 1.68. The molecular weight excluding hydrogens is 384 g/mol. The third-order valence-corrected chi connectivity index (χ3v) is 5.38. The highest BCUT2D eigenvalue weighted by molar-refractivity contribution is 5.65. The van der Waals surface area contributed by atoms with E-state index in [-0.39, 0.29) is 5.41 Å². The number of ether oxygens (including phenoxy) is 1. The van der Waals surface area contributed by atoms with Crippen molar-refractivity contribution in [3.8, 4) is 6.07 Å². The van der Waals surface area contributed by atoms with Gasteiger partial charge in [-0.2, -0.15) is 15.3 Å². The molecule has 1 amide bonds. The highest BCUT2D eigenvalue weighted by Crippen LogP contribution is 2.43. The fourth-order valence-electron chi connectivity index (χ4n) is 4.21. The number of nitrogens with one attached hydrogen (secondary N) is 1. The molecule has 1 fully saturated rings. The maximum Gasteiger partial charge on any atom is 0.405 e. The van der Waals surface area contributed by atoms with Gasteiger partial charge >= 0.3 is 6.09 Å². The summed E-state index contributed by atoms with van der Waals surface area (Å²) in [7, 11) is 1.85. The van der Waals surface area contributed by atoms with Crippen molar-refractivity contribution in [3.05, 3.63) is 24.7 Å². The zero-order valence-electron chi connectivity index (χ0n) is 17.6. The first-order chi connectivity index (χ1) is 14.2. The SMILES string of the molecule is Cn1cc(Nc2nccc(N3CCC(CC#N)(CC(C)(C)OC(N)=O)CC3)n2)cn1. The molecule has 0 bridgehead atoms. The number of rotatable bonds is 7. The Hall–Kier alpha value is -3.35. The van der Waals surface area contributed by atoms with Crippen molar-refractivity contribution in [2.75, 3.05) is 23.3 Å². The summed E-state index contributed by atoms with van der Waals surface area (Å²) in [5.74, 6) is 1.33. The minimum atomic E-state index is -0.792. The number of piperidine rings is 1. The van der Waals surface area contributed by atoms with E-state index in [1.165, 1.54) is 0 Å². The first-order valence-corrected chi connectivity index (χ1v) is 9.89. The Morgan fingerprint density at radius 1 is 1.43 bits per heavy atom. The average molecular weight is 412 g/mol. The van der Waals surface area contributed by atoms with E-state index in [0.717, 1.165) is 37.4 Å². The number of nitrogens with two attached hydrogens (primary N) is 1. The third-order valence-electron chi connectivity index (χ3n) is 5.38. The van der Waals surface area contributed by atoms with Crippen LogP contribution < -0.4 is 16.0 Å². The fraction of sp³-hybridized carbons (Fsp3) is 0.550. The third kappa shape index (κ3) is 5.37. The van der Waals surface area contributed by atoms with Gasteiger partial charge < -0.3 is 20.7 Å². The molecule has 10 heteroatoms. The highest BCUT2D eigenvalue weighted by atomic mass is 16.6. The average Bonchev–Trinajstić information content (AvgIpc) is 3.06. The van der Waals surface area contributed by atoms with Crippen LogP contribution in [0, 0.1) is 16.7 Å². The summed E-state index contributed by atoms with van der Waals surface area (Å²) >= 11 is 0. The number of carbonyl (C=O) groups is 1. The summed E-state index contributed by atoms with van der Waals surface area (Å²) in [5, 5.41) is 16.7. The minimum Gasteiger partial charge on any atom is -0.444 e. The first kappa shape index (κ1) is 21.4. The molecule has 1 aliphatic rings. The van der Waals surface area contributed by atoms with Gasteiger partial charge in [-0.05, 0) is 44.6 Å². The van der Waals surface area contributed by atoms with E-state index in [1.807, 2.05) is 33.2 Å². The molecule has 30 heavy (non-hydrogen) atoms. The van der Waals surface area contributed by atoms with E-state index < -0.39 is 11.7 Å². The van der Waals surface area contributed by atoms with Crippen LogP contribution in [0.1, 0.15) is 39.5 Å². The van der Waals surface area contributed by atoms with Crippen molar-refractivity contribution < 1.29 is 9.53 Å². The van der Waals surface area contributed by atoms with E-state index in [2.05, 4.69) is 31.4 Å². The number of nitriles is 1. The number of amides is 1. The largest absolute Gasteiger partial charge is 0.444 e. The molecule has 0 unspecified atom stereocenters. The fourth-order valence-corrected chi connectivity index (χ4v) is 4.21. The van der Waals surface area contributed by atoms with E-state index in [9.17, 15) is 10.1 Å². The van der Waals surface area contributed by atoms with Crippen LogP contribution in [0.4, 0.5) is 22.2 Å². The van der Waals surface area contributed by atoms with Crippen molar-refractivity contribution in [3.63, 3.8) is 0 Å². The Morgan fingerprint density at radius 3 is 2.77 bits per heavy atom. The summed E-state index contributed by atoms with van der Waals surface area (Å²) < 4.78 is 6.98. The van der Waals surface area contributed by atoms with Crippen LogP contribution in [0.3, 0.4) is 0 Å². The molecule has 3 heterocycles. The Kier molecular flexibility index (Phi) is 6.10. The molecule has 0 atom stereocenters. The van der Waals surface area contributed by atoms with Crippen LogP contribution in [0.5, 0.6) is 0 Å². The number of anilines is 3. The van der Waals surface area contributed by atoms with Crippen molar-refractivity contribution >= 4 is 23.5 Å². The molecule has 1 aliphatic heterocycles. The van der Waals surface area contributed by atoms with Crippen LogP contribution in [0.25, 0.3) is 0 Å². The van der Waals surface area contributed by atoms with Crippen LogP contribution in [0.15, 0.2) is 24.7 Å². The van der Waals surface area contributed by atoms with Gasteiger partial charge in [-0.25, -0.2) is 9.78 Å². The maximum atomic E-state index is 11.2. The molecule has 160 valence electrons. The monoisotopic (exact) mass is 412 g/mol. The van der Waals surface area contributed by atoms with Gasteiger partial charge in [0.15, 0.2) is 0 Å². The van der Waals surface area contributed by atoms with Crippen molar-refractivity contribution in [1.82, 2.24) is 19.7 Å². The molecule has 0 radical (unpaired) electrons. The van der Waals surface area contributed by atoms with Gasteiger partial charge in [0, 0.05) is 39.0 Å². The molecule has 0 saturated carbocycles. The van der Waals surface area contributed by atoms with Gasteiger partial charge in [-0.1, -0.05) is 0 Å². The second kappa shape index (κ2) is 8.57. The minimum absolute atomic E-state index is 0.228. The van der Waals surface area contributed by atoms with Crippen LogP contribution in [-0.2, 0) is 11.8 Å². The topological polar surface area (TPSA) is 135 Å². The summed E-state index contributed by atoms with van der Waals surface area (Å²) in [4.78, 5) is 22.3. The number of aromatic nitrogens is 4. The molecule has 0 aliphatic carbocycles. The smallest absolute Gasteiger partial charge is 0.405 e. The quantitative estimate of drug-likeness (QED) is 0.708. The number of carbonyl (C=O) groups excluding carboxylic acids is 1. The Labute approximate surface area is 176 Å². The lowest BCUT2D eigenvalue weighted by Gasteiger charge is -2.44. The van der Waals surface area contributed by atoms with Gasteiger partial charge in [-0.15, -0.1) is 0 Å². The van der Waals surface area contributed by atoms with Crippen LogP contribution >= 0.6 is 0 Å². The Morgan fingerprint density at radius 2 is 2.17 bits per heavy atom. The number of primary amides is 1. The molecule has 10 nitrogen and oxygen atoms in total. The van der Waals surface area contributed by atoms with Crippen molar-refractivity contribution in [2.24, 2.45) is 18.2 Å². The molecule has 3 rings (SSSR count). The van der Waals surface area contributed by atoms with E-state index in [4.69, 9.17) is 10.5 Å². The molecule has 2 aromatic rings. The van der Waals surface area contributed by atoms with Crippen LogP contribution in [0.2, 0.25) is 0 Å². The summed E-state index contributed by atoms with van der Waals surface area (Å²) in [6.07, 6.45) is 7.07. The molecule has 1 saturated heterocycles. The molecular formula is C20H28N8O2. The summed E-state index contributed by atoms with van der Waals surface area (Å²) in [6, 6.07) is 4.19. The maximum absolute atomic E-state index is 11.2. The highest BCUT2D eigenvalue weighted by Gasteiger charge is 2.41. The standard InChI is InChI=1S/C20H28N8O2/c1-19(2,30-17(22)29)14-20(5-8-21)6-10-28(11-7-20)16-4-9-23-18(26-16)25-15-12-24-27(3)13-15/h4,9,12-13H,5-7,10-11,14H2,1-3H3,(H2,22,29)(H,23,25,26). The second-order valence-corrected chi connectivity index (χ2v) is 8.45. The molecule has 0 spiro atoms. The molecule has 3 N–H and O–H groups in total. The molecule has 0 aromatic carbocycles. The molecule has 2 aromatic heterocycles. The first-order valence-electron chi connectivity index (χ1n) is 9.89. The van der Waals surface area contributed by atoms with Crippen molar-refractivity contribution in [1.29, 1.82) is 5.26 Å². The lowest BCUT2D eigenvalue weighted by molar-refractivity contribution is -0.00276. The summed E-state index contributed by atoms with van der Waals surface area (Å²) in [6.45, 7) is 5.17. The van der Waals surface area contributed by atoms with E-state index in [1.54, 1.807) is 17.1 Å². The zero-order valence-corrected chi connectivity index (χ0v) is 17.6. The lowest BCUT2D eigenvalue weighted by atomic mass is 9.69. The van der Waals surface area contributed by atoms with Gasteiger partial charge in [0.1, 0.15) is 11.4 Å². The zero-order chi connectivity index (χ0) is 21.8. The van der Waals surface area contributed by atoms with Gasteiger partial charge in [0.05, 0.1) is 18.0 Å². The number of hydrogen-bond donors (Lipinski definition) is 2. The van der Waals surface area contributed by atoms with E-state index >= 15 is 0 Å². The van der Waals surface area contributed by atoms with Crippen LogP contribution in [-0.4, -0.2) is 44.5 Å². The van der Waals surface area contributed by atoms with Gasteiger partial charge in [0.25, 0.3) is 0 Å². The van der Waals surface area contributed by atoms with Gasteiger partial charge in [-0.3, -0.25) is 4.68 Å². The normalized spacial score (nSPS) is 16.0. The number of nitrogens with zero attached hydrogens (tertiary/aromatic N) is 6. The predicted octanol–water partition coefficient (Wildman–Crippen LogP) is 2.72. The Bertz CT molecular complexity index is 925. The van der Waals surface area contributed by atoms with Gasteiger partial charge in [0.2, 0.25) is 5.95 Å². The lowest BCUT2D eigenvalue weighted by Crippen LogP contribution is -2.45. The second-order valence-electron chi connectivity index (χ2n) is 8.45.